The first-order valence-corrected chi connectivity index (χ1v) is 6.51. The number of aliphatic carboxylic acids is 1. The number of carbonyl (C=O) groups excluding carboxylic acids is 1. The summed E-state index contributed by atoms with van der Waals surface area (Å²) in [5, 5.41) is 11.1. The lowest BCUT2D eigenvalue weighted by atomic mass is 10.2. The molecule has 0 bridgehead atoms. The Hall–Kier alpha value is -1.15. The highest BCUT2D eigenvalue weighted by Crippen LogP contribution is 2.17. The summed E-state index contributed by atoms with van der Waals surface area (Å²) in [7, 11) is -2.61. The second-order valence-electron chi connectivity index (χ2n) is 3.92. The molecule has 0 aromatic heterocycles. The molecular weight excluding hydrogens is 250 g/mol. The molecule has 0 atom stereocenters. The molecule has 100 valence electrons. The monoisotopic (exact) mass is 267 g/mol. The third-order valence-electron chi connectivity index (χ3n) is 2.24. The fraction of sp³-hybridized carbons (Fsp3) is 0.778. The first kappa shape index (κ1) is 15.9. The molecular formula is C9H17NO6S. The molecule has 0 aliphatic carbocycles. The van der Waals surface area contributed by atoms with E-state index in [-0.39, 0.29) is 13.2 Å². The van der Waals surface area contributed by atoms with Crippen LogP contribution in [-0.4, -0.2) is 56.2 Å². The fourth-order valence-electron chi connectivity index (χ4n) is 0.830. The summed E-state index contributed by atoms with van der Waals surface area (Å²) < 4.78 is 26.0. The van der Waals surface area contributed by atoms with Gasteiger partial charge < -0.3 is 15.2 Å². The molecule has 0 unspecified atom stereocenters. The SMILES string of the molecule is COCCNC(=O)CS(=O)(=O)C(C)(C)C(=O)O. The minimum Gasteiger partial charge on any atom is -0.480 e. The molecule has 0 heterocycles. The van der Waals surface area contributed by atoms with E-state index in [2.05, 4.69) is 10.1 Å². The molecule has 8 heteroatoms. The number of rotatable bonds is 7. The summed E-state index contributed by atoms with van der Waals surface area (Å²) in [6, 6.07) is 0. The van der Waals surface area contributed by atoms with Gasteiger partial charge in [0.1, 0.15) is 5.75 Å². The van der Waals surface area contributed by atoms with Gasteiger partial charge in [0, 0.05) is 13.7 Å². The molecule has 0 aromatic carbocycles. The molecule has 17 heavy (non-hydrogen) atoms. The van der Waals surface area contributed by atoms with Crippen molar-refractivity contribution in [2.24, 2.45) is 0 Å². The van der Waals surface area contributed by atoms with E-state index < -0.39 is 32.2 Å². The Morgan fingerprint density at radius 3 is 2.29 bits per heavy atom. The lowest BCUT2D eigenvalue weighted by Crippen LogP contribution is -2.45. The molecule has 0 saturated heterocycles. The first-order chi connectivity index (χ1) is 7.65. The number of amides is 1. The van der Waals surface area contributed by atoms with Gasteiger partial charge in [0.2, 0.25) is 5.91 Å². The van der Waals surface area contributed by atoms with E-state index in [0.717, 1.165) is 13.8 Å². The summed E-state index contributed by atoms with van der Waals surface area (Å²) in [5.74, 6) is -3.07. The summed E-state index contributed by atoms with van der Waals surface area (Å²) in [6.45, 7) is 2.53. The maximum absolute atomic E-state index is 11.7. The summed E-state index contributed by atoms with van der Waals surface area (Å²) in [5.41, 5.74) is 0. The normalized spacial score (nSPS) is 12.2. The van der Waals surface area contributed by atoms with E-state index in [0.29, 0.717) is 0 Å². The Morgan fingerprint density at radius 2 is 1.88 bits per heavy atom. The van der Waals surface area contributed by atoms with Gasteiger partial charge in [0.05, 0.1) is 6.61 Å². The number of sulfone groups is 1. The Kier molecular flexibility index (Phi) is 5.56. The minimum atomic E-state index is -4.05. The van der Waals surface area contributed by atoms with Gasteiger partial charge in [0.15, 0.2) is 14.6 Å². The van der Waals surface area contributed by atoms with Crippen molar-refractivity contribution in [2.45, 2.75) is 18.6 Å². The van der Waals surface area contributed by atoms with Gasteiger partial charge in [-0.05, 0) is 13.8 Å². The quantitative estimate of drug-likeness (QED) is 0.574. The van der Waals surface area contributed by atoms with Gasteiger partial charge in [-0.1, -0.05) is 0 Å². The van der Waals surface area contributed by atoms with Crippen molar-refractivity contribution in [1.82, 2.24) is 5.32 Å². The average Bonchev–Trinajstić information content (AvgIpc) is 2.16. The standard InChI is InChI=1S/C9H17NO6S/c1-9(2,8(12)13)17(14,15)6-7(11)10-4-5-16-3/h4-6H2,1-3H3,(H,10,11)(H,12,13). The number of carboxylic acid groups (broad SMARTS) is 1. The van der Waals surface area contributed by atoms with Crippen molar-refractivity contribution in [3.63, 3.8) is 0 Å². The van der Waals surface area contributed by atoms with Crippen LogP contribution >= 0.6 is 0 Å². The van der Waals surface area contributed by atoms with Crippen LogP contribution in [0, 0.1) is 0 Å². The second kappa shape index (κ2) is 5.97. The molecule has 0 aromatic rings. The zero-order chi connectivity index (χ0) is 13.7. The predicted octanol–water partition coefficient (Wildman–Crippen LogP) is -0.973. The third-order valence-corrected chi connectivity index (χ3v) is 4.61. The number of nitrogens with one attached hydrogen (secondary N) is 1. The van der Waals surface area contributed by atoms with E-state index >= 15 is 0 Å². The van der Waals surface area contributed by atoms with E-state index in [4.69, 9.17) is 5.11 Å². The van der Waals surface area contributed by atoms with Crippen LogP contribution in [0.15, 0.2) is 0 Å². The Bertz CT molecular complexity index is 386. The smallest absolute Gasteiger partial charge is 0.324 e. The van der Waals surface area contributed by atoms with Gasteiger partial charge in [-0.3, -0.25) is 9.59 Å². The lowest BCUT2D eigenvalue weighted by Gasteiger charge is -2.19. The van der Waals surface area contributed by atoms with Crippen LogP contribution in [0.4, 0.5) is 0 Å². The second-order valence-corrected chi connectivity index (χ2v) is 6.46. The first-order valence-electron chi connectivity index (χ1n) is 4.86. The van der Waals surface area contributed by atoms with Gasteiger partial charge in [-0.25, -0.2) is 8.42 Å². The van der Waals surface area contributed by atoms with Crippen molar-refractivity contribution >= 4 is 21.7 Å². The van der Waals surface area contributed by atoms with Crippen molar-refractivity contribution in [3.05, 3.63) is 0 Å². The van der Waals surface area contributed by atoms with Crippen LogP contribution < -0.4 is 5.32 Å². The Balaban J connectivity index is 4.56. The third kappa shape index (κ3) is 4.31. The zero-order valence-electron chi connectivity index (χ0n) is 10.0. The number of carboxylic acids is 1. The minimum absolute atomic E-state index is 0.179. The highest BCUT2D eigenvalue weighted by molar-refractivity contribution is 7.94. The average molecular weight is 267 g/mol. The number of methoxy groups -OCH3 is 1. The molecule has 7 nitrogen and oxygen atoms in total. The lowest BCUT2D eigenvalue weighted by molar-refractivity contribution is -0.139. The molecule has 0 aliphatic heterocycles. The molecule has 0 aliphatic rings. The molecule has 0 saturated carbocycles. The summed E-state index contributed by atoms with van der Waals surface area (Å²) >= 11 is 0. The molecule has 0 rings (SSSR count). The maximum atomic E-state index is 11.7. The van der Waals surface area contributed by atoms with Crippen molar-refractivity contribution in [1.29, 1.82) is 0 Å². The number of ether oxygens (including phenoxy) is 1. The van der Waals surface area contributed by atoms with E-state index in [1.807, 2.05) is 0 Å². The van der Waals surface area contributed by atoms with Gasteiger partial charge in [0.25, 0.3) is 0 Å². The summed E-state index contributed by atoms with van der Waals surface area (Å²) in [6.07, 6.45) is 0. The van der Waals surface area contributed by atoms with Gasteiger partial charge in [-0.15, -0.1) is 0 Å². The van der Waals surface area contributed by atoms with E-state index in [1.54, 1.807) is 0 Å². The van der Waals surface area contributed by atoms with E-state index in [1.165, 1.54) is 7.11 Å². The van der Waals surface area contributed by atoms with Crippen LogP contribution in [0.25, 0.3) is 0 Å². The van der Waals surface area contributed by atoms with Crippen molar-refractivity contribution < 1.29 is 27.9 Å². The summed E-state index contributed by atoms with van der Waals surface area (Å²) in [4.78, 5) is 22.0. The maximum Gasteiger partial charge on any atom is 0.324 e. The Morgan fingerprint density at radius 1 is 1.35 bits per heavy atom. The molecule has 0 spiro atoms. The molecule has 2 N–H and O–H groups in total. The molecule has 1 amide bonds. The van der Waals surface area contributed by atoms with Crippen LogP contribution in [0.3, 0.4) is 0 Å². The van der Waals surface area contributed by atoms with Crippen LogP contribution in [0.2, 0.25) is 0 Å². The van der Waals surface area contributed by atoms with Gasteiger partial charge >= 0.3 is 5.97 Å². The predicted molar refractivity (Wildman–Crippen MR) is 60.4 cm³/mol. The van der Waals surface area contributed by atoms with Crippen molar-refractivity contribution in [2.75, 3.05) is 26.0 Å². The zero-order valence-corrected chi connectivity index (χ0v) is 10.8. The number of hydrogen-bond donors (Lipinski definition) is 2. The largest absolute Gasteiger partial charge is 0.480 e. The fourth-order valence-corrected chi connectivity index (χ4v) is 1.90. The number of hydrogen-bond acceptors (Lipinski definition) is 5. The van der Waals surface area contributed by atoms with Crippen LogP contribution in [-0.2, 0) is 24.2 Å². The van der Waals surface area contributed by atoms with Crippen LogP contribution in [0.5, 0.6) is 0 Å². The highest BCUT2D eigenvalue weighted by Gasteiger charge is 2.42. The topological polar surface area (TPSA) is 110 Å². The molecule has 0 radical (unpaired) electrons. The van der Waals surface area contributed by atoms with Gasteiger partial charge in [-0.2, -0.15) is 0 Å². The van der Waals surface area contributed by atoms with Crippen molar-refractivity contribution in [3.8, 4) is 0 Å². The van der Waals surface area contributed by atoms with Crippen LogP contribution in [0.1, 0.15) is 13.8 Å². The number of carbonyl (C=O) groups is 2. The highest BCUT2D eigenvalue weighted by atomic mass is 32.2. The Labute approximate surface area is 100 Å². The van der Waals surface area contributed by atoms with E-state index in [9.17, 15) is 18.0 Å². The molecule has 0 fully saturated rings.